The van der Waals surface area contributed by atoms with Crippen LogP contribution in [0, 0.1) is 11.3 Å². The molecule has 0 aliphatic rings. The van der Waals surface area contributed by atoms with E-state index in [4.69, 9.17) is 24.4 Å². The van der Waals surface area contributed by atoms with Crippen molar-refractivity contribution < 1.29 is 4.42 Å². The molecule has 0 saturated heterocycles. The van der Waals surface area contributed by atoms with Gasteiger partial charge in [0.15, 0.2) is 23.1 Å². The molecule has 0 radical (unpaired) electrons. The molecule has 8 aromatic carbocycles. The van der Waals surface area contributed by atoms with Crippen molar-refractivity contribution in [1.82, 2.24) is 19.9 Å². The summed E-state index contributed by atoms with van der Waals surface area (Å²) in [6.45, 7) is 0. The minimum Gasteiger partial charge on any atom is -0.435 e. The highest BCUT2D eigenvalue weighted by molar-refractivity contribution is 6.11. The van der Waals surface area contributed by atoms with E-state index in [0.717, 1.165) is 77.2 Å². The summed E-state index contributed by atoms with van der Waals surface area (Å²) in [5, 5.41) is 13.8. The lowest BCUT2D eigenvalue weighted by molar-refractivity contribution is 0.623. The van der Waals surface area contributed by atoms with Crippen LogP contribution < -0.4 is 0 Å². The summed E-state index contributed by atoms with van der Waals surface area (Å²) in [6, 6.07) is 61.4. The Morgan fingerprint density at radius 2 is 0.964 bits per heavy atom. The highest BCUT2D eigenvalue weighted by atomic mass is 16.3. The molecule has 0 spiro atoms. The number of nitriles is 1. The summed E-state index contributed by atoms with van der Waals surface area (Å²) in [7, 11) is 0. The molecule has 0 saturated carbocycles. The van der Waals surface area contributed by atoms with E-state index in [-0.39, 0.29) is 0 Å². The molecule has 0 amide bonds. The summed E-state index contributed by atoms with van der Waals surface area (Å²) in [5.74, 6) is 2.28. The molecule has 0 N–H and O–H groups in total. The van der Waals surface area contributed by atoms with E-state index >= 15 is 0 Å². The van der Waals surface area contributed by atoms with Crippen LogP contribution in [0.4, 0.5) is 0 Å². The fourth-order valence-corrected chi connectivity index (χ4v) is 7.19. The predicted octanol–water partition coefficient (Wildman–Crippen LogP) is 12.2. The Hall–Kier alpha value is -7.75. The van der Waals surface area contributed by atoms with Crippen molar-refractivity contribution >= 4 is 32.6 Å². The first kappa shape index (κ1) is 31.9. The van der Waals surface area contributed by atoms with E-state index in [1.165, 1.54) is 0 Å². The van der Waals surface area contributed by atoms with Gasteiger partial charge in [0.2, 0.25) is 5.89 Å². The Morgan fingerprint density at radius 3 is 1.73 bits per heavy atom. The largest absolute Gasteiger partial charge is 0.435 e. The van der Waals surface area contributed by atoms with Gasteiger partial charge in [-0.2, -0.15) is 5.26 Å². The summed E-state index contributed by atoms with van der Waals surface area (Å²) >= 11 is 0. The van der Waals surface area contributed by atoms with Crippen LogP contribution in [0.25, 0.3) is 101 Å². The van der Waals surface area contributed by atoms with Crippen LogP contribution >= 0.6 is 0 Å². The summed E-state index contributed by atoms with van der Waals surface area (Å²) < 4.78 is 6.48. The molecule has 10 rings (SSSR count). The minimum absolute atomic E-state index is 0.537. The maximum atomic E-state index is 9.40. The van der Waals surface area contributed by atoms with Crippen molar-refractivity contribution in [2.24, 2.45) is 0 Å². The molecule has 0 fully saturated rings. The number of fused-ring (bicyclic) bond motifs is 4. The van der Waals surface area contributed by atoms with Gasteiger partial charge in [-0.3, -0.25) is 0 Å². The second kappa shape index (κ2) is 13.3. The molecule has 2 heterocycles. The highest BCUT2D eigenvalue weighted by Gasteiger charge is 2.17. The summed E-state index contributed by atoms with van der Waals surface area (Å²) in [4.78, 5) is 19.8. The molecule has 6 nitrogen and oxygen atoms in total. The van der Waals surface area contributed by atoms with E-state index in [0.29, 0.717) is 28.9 Å². The van der Waals surface area contributed by atoms with Crippen molar-refractivity contribution in [3.05, 3.63) is 181 Å². The third kappa shape index (κ3) is 5.96. The fourth-order valence-electron chi connectivity index (χ4n) is 7.19. The molecular formula is C49H29N5O. The van der Waals surface area contributed by atoms with Gasteiger partial charge in [0.25, 0.3) is 0 Å². The number of oxazole rings is 1. The van der Waals surface area contributed by atoms with Gasteiger partial charge < -0.3 is 4.42 Å². The number of hydrogen-bond donors (Lipinski definition) is 0. The van der Waals surface area contributed by atoms with E-state index in [2.05, 4.69) is 91.0 Å². The van der Waals surface area contributed by atoms with Crippen LogP contribution in [0.3, 0.4) is 0 Å². The van der Waals surface area contributed by atoms with E-state index in [1.54, 1.807) is 12.1 Å². The third-order valence-electron chi connectivity index (χ3n) is 9.96. The molecule has 0 atom stereocenters. The molecule has 0 unspecified atom stereocenters. The van der Waals surface area contributed by atoms with Gasteiger partial charge in [-0.05, 0) is 99.1 Å². The fraction of sp³-hybridized carbons (Fsp3) is 0. The van der Waals surface area contributed by atoms with Gasteiger partial charge in [-0.15, -0.1) is 0 Å². The molecular weight excluding hydrogens is 675 g/mol. The van der Waals surface area contributed by atoms with Crippen LogP contribution in [0.15, 0.2) is 180 Å². The van der Waals surface area contributed by atoms with Gasteiger partial charge in [-0.25, -0.2) is 19.9 Å². The first-order valence-corrected chi connectivity index (χ1v) is 18.0. The third-order valence-corrected chi connectivity index (χ3v) is 9.96. The zero-order chi connectivity index (χ0) is 36.7. The Kier molecular flexibility index (Phi) is 7.75. The molecule has 256 valence electrons. The van der Waals surface area contributed by atoms with Crippen molar-refractivity contribution in [3.8, 4) is 73.9 Å². The Bertz CT molecular complexity index is 3110. The Labute approximate surface area is 316 Å². The van der Waals surface area contributed by atoms with Gasteiger partial charge in [0.05, 0.1) is 11.6 Å². The minimum atomic E-state index is 0.537. The standard InChI is InChI=1S/C49H29N5O/c50-30-31-19-21-34(22-20-31)46-52-47(54-48(53-46)41-24-23-32-9-4-5-12-36(32)28-41)40-17-7-15-38(29-40)37-14-6-16-39(27-37)42-18-8-13-33-25-26-43-45(44(33)42)55-49(51-43)35-10-2-1-3-11-35/h1-29H. The number of benzene rings is 8. The van der Waals surface area contributed by atoms with Gasteiger partial charge in [0.1, 0.15) is 5.52 Å². The highest BCUT2D eigenvalue weighted by Crippen LogP contribution is 2.38. The van der Waals surface area contributed by atoms with E-state index in [9.17, 15) is 5.26 Å². The first-order valence-electron chi connectivity index (χ1n) is 18.0. The molecule has 0 aliphatic heterocycles. The molecule has 0 bridgehead atoms. The van der Waals surface area contributed by atoms with Crippen LogP contribution in [-0.4, -0.2) is 19.9 Å². The molecule has 10 aromatic rings. The van der Waals surface area contributed by atoms with Crippen LogP contribution in [0.5, 0.6) is 0 Å². The maximum absolute atomic E-state index is 9.40. The quantitative estimate of drug-likeness (QED) is 0.171. The average Bonchev–Trinajstić information content (AvgIpc) is 3.71. The number of nitrogens with zero attached hydrogens (tertiary/aromatic N) is 5. The summed E-state index contributed by atoms with van der Waals surface area (Å²) in [6.07, 6.45) is 0. The monoisotopic (exact) mass is 703 g/mol. The van der Waals surface area contributed by atoms with Crippen molar-refractivity contribution in [2.45, 2.75) is 0 Å². The Morgan fingerprint density at radius 1 is 0.400 bits per heavy atom. The zero-order valence-electron chi connectivity index (χ0n) is 29.4. The first-order chi connectivity index (χ1) is 27.2. The second-order valence-electron chi connectivity index (χ2n) is 13.4. The van der Waals surface area contributed by atoms with Crippen molar-refractivity contribution in [3.63, 3.8) is 0 Å². The molecule has 55 heavy (non-hydrogen) atoms. The van der Waals surface area contributed by atoms with E-state index < -0.39 is 0 Å². The van der Waals surface area contributed by atoms with Crippen molar-refractivity contribution in [1.29, 1.82) is 5.26 Å². The smallest absolute Gasteiger partial charge is 0.227 e. The van der Waals surface area contributed by atoms with Crippen molar-refractivity contribution in [2.75, 3.05) is 0 Å². The van der Waals surface area contributed by atoms with Crippen LogP contribution in [-0.2, 0) is 0 Å². The van der Waals surface area contributed by atoms with Crippen LogP contribution in [0.2, 0.25) is 0 Å². The Balaban J connectivity index is 1.07. The predicted molar refractivity (Wildman–Crippen MR) is 220 cm³/mol. The molecule has 2 aromatic heterocycles. The van der Waals surface area contributed by atoms with E-state index in [1.807, 2.05) is 78.9 Å². The topological polar surface area (TPSA) is 88.5 Å². The normalized spacial score (nSPS) is 11.3. The zero-order valence-corrected chi connectivity index (χ0v) is 29.4. The van der Waals surface area contributed by atoms with Gasteiger partial charge in [-0.1, -0.05) is 115 Å². The molecule has 6 heteroatoms. The summed E-state index contributed by atoms with van der Waals surface area (Å²) in [5.41, 5.74) is 9.91. The number of aromatic nitrogens is 4. The number of hydrogen-bond acceptors (Lipinski definition) is 6. The average molecular weight is 704 g/mol. The second-order valence-corrected chi connectivity index (χ2v) is 13.4. The molecule has 0 aliphatic carbocycles. The SMILES string of the molecule is N#Cc1ccc(-c2nc(-c3cccc(-c4cccc(-c5cccc6ccc7nc(-c8ccccc8)oc7c56)c4)c3)nc(-c3ccc4ccccc4c3)n2)cc1. The van der Waals surface area contributed by atoms with Gasteiger partial charge >= 0.3 is 0 Å². The lowest BCUT2D eigenvalue weighted by Crippen LogP contribution is -2.00. The van der Waals surface area contributed by atoms with Crippen LogP contribution in [0.1, 0.15) is 5.56 Å². The maximum Gasteiger partial charge on any atom is 0.227 e. The van der Waals surface area contributed by atoms with Gasteiger partial charge in [0, 0.05) is 27.6 Å². The number of rotatable bonds is 6. The lowest BCUT2D eigenvalue weighted by atomic mass is 9.94. The lowest BCUT2D eigenvalue weighted by Gasteiger charge is -2.11.